The molecule has 1 aromatic carbocycles. The van der Waals surface area contributed by atoms with Crippen molar-refractivity contribution in [2.24, 2.45) is 0 Å². The van der Waals surface area contributed by atoms with Gasteiger partial charge in [0.1, 0.15) is 0 Å². The normalized spacial score (nSPS) is 18.0. The van der Waals surface area contributed by atoms with Crippen molar-refractivity contribution in [2.45, 2.75) is 39.2 Å². The molecule has 7 heteroatoms. The highest BCUT2D eigenvalue weighted by atomic mass is 16.2. The zero-order chi connectivity index (χ0) is 20.1. The molecular weight excluding hydrogens is 356 g/mol. The first-order valence-corrected chi connectivity index (χ1v) is 10.1. The summed E-state index contributed by atoms with van der Waals surface area (Å²) < 4.78 is 0. The number of nitrogens with zero attached hydrogens (tertiary/aromatic N) is 3. The minimum atomic E-state index is 0.0337. The van der Waals surface area contributed by atoms with Gasteiger partial charge in [-0.15, -0.1) is 0 Å². The van der Waals surface area contributed by atoms with Crippen molar-refractivity contribution in [1.29, 1.82) is 0 Å². The molecule has 2 aliphatic heterocycles. The summed E-state index contributed by atoms with van der Waals surface area (Å²) in [6.07, 6.45) is 1.89. The van der Waals surface area contributed by atoms with E-state index in [-0.39, 0.29) is 23.8 Å². The highest BCUT2D eigenvalue weighted by Gasteiger charge is 2.24. The highest BCUT2D eigenvalue weighted by Crippen LogP contribution is 2.22. The van der Waals surface area contributed by atoms with Crippen LogP contribution in [0.1, 0.15) is 32.3 Å². The van der Waals surface area contributed by atoms with E-state index in [1.165, 1.54) is 0 Å². The van der Waals surface area contributed by atoms with Crippen LogP contribution in [0.2, 0.25) is 0 Å². The summed E-state index contributed by atoms with van der Waals surface area (Å²) in [5.41, 5.74) is 1.87. The molecule has 3 rings (SSSR count). The molecule has 2 aliphatic rings. The van der Waals surface area contributed by atoms with Gasteiger partial charge in [0.15, 0.2) is 0 Å². The Bertz CT molecular complexity index is 709. The molecule has 1 N–H and O–H groups in total. The third-order valence-corrected chi connectivity index (χ3v) is 5.22. The van der Waals surface area contributed by atoms with E-state index in [1.807, 2.05) is 43.0 Å². The summed E-state index contributed by atoms with van der Waals surface area (Å²) in [7, 11) is 0. The lowest BCUT2D eigenvalue weighted by Crippen LogP contribution is -2.51. The lowest BCUT2D eigenvalue weighted by molar-refractivity contribution is -0.132. The van der Waals surface area contributed by atoms with Crippen molar-refractivity contribution in [3.8, 4) is 0 Å². The molecule has 0 saturated carbocycles. The van der Waals surface area contributed by atoms with Crippen molar-refractivity contribution in [3.05, 3.63) is 29.8 Å². The fourth-order valence-corrected chi connectivity index (χ4v) is 3.73. The van der Waals surface area contributed by atoms with Crippen LogP contribution in [0.25, 0.3) is 0 Å². The summed E-state index contributed by atoms with van der Waals surface area (Å²) >= 11 is 0. The number of hydrogen-bond acceptors (Lipinski definition) is 4. The largest absolute Gasteiger partial charge is 0.353 e. The Balaban J connectivity index is 1.45. The number of anilines is 1. The SMILES string of the molecule is CC(C)NC(=O)CN1CCN(C(=O)Cc2ccc(N3CCCC3=O)cc2)CC1. The van der Waals surface area contributed by atoms with E-state index in [4.69, 9.17) is 0 Å². The van der Waals surface area contributed by atoms with Crippen LogP contribution in [0.15, 0.2) is 24.3 Å². The maximum absolute atomic E-state index is 12.6. The Hall–Kier alpha value is -2.41. The van der Waals surface area contributed by atoms with Crippen molar-refractivity contribution in [2.75, 3.05) is 44.2 Å². The molecule has 0 unspecified atom stereocenters. The smallest absolute Gasteiger partial charge is 0.234 e. The lowest BCUT2D eigenvalue weighted by Gasteiger charge is -2.34. The van der Waals surface area contributed by atoms with E-state index in [0.29, 0.717) is 45.6 Å². The van der Waals surface area contributed by atoms with Crippen molar-refractivity contribution in [1.82, 2.24) is 15.1 Å². The number of carbonyl (C=O) groups excluding carboxylic acids is 3. The number of carbonyl (C=O) groups is 3. The van der Waals surface area contributed by atoms with Gasteiger partial charge < -0.3 is 15.1 Å². The van der Waals surface area contributed by atoms with Gasteiger partial charge in [-0.3, -0.25) is 19.3 Å². The Kier molecular flexibility index (Phi) is 6.67. The molecule has 1 aromatic rings. The molecular formula is C21H30N4O3. The predicted octanol–water partition coefficient (Wildman–Crippen LogP) is 1.02. The van der Waals surface area contributed by atoms with Crippen LogP contribution in [-0.4, -0.2) is 72.8 Å². The third kappa shape index (κ3) is 5.32. The Morgan fingerprint density at radius 3 is 2.29 bits per heavy atom. The maximum atomic E-state index is 12.6. The maximum Gasteiger partial charge on any atom is 0.234 e. The molecule has 0 bridgehead atoms. The van der Waals surface area contributed by atoms with E-state index in [9.17, 15) is 14.4 Å². The van der Waals surface area contributed by atoms with Gasteiger partial charge in [0.05, 0.1) is 13.0 Å². The number of amides is 3. The van der Waals surface area contributed by atoms with Crippen LogP contribution < -0.4 is 10.2 Å². The van der Waals surface area contributed by atoms with E-state index in [0.717, 1.165) is 24.2 Å². The van der Waals surface area contributed by atoms with Gasteiger partial charge in [-0.25, -0.2) is 0 Å². The molecule has 7 nitrogen and oxygen atoms in total. The first-order valence-electron chi connectivity index (χ1n) is 10.1. The van der Waals surface area contributed by atoms with Crippen LogP contribution >= 0.6 is 0 Å². The first kappa shape index (κ1) is 20.3. The van der Waals surface area contributed by atoms with Gasteiger partial charge in [0, 0.05) is 50.9 Å². The number of piperazine rings is 1. The van der Waals surface area contributed by atoms with Gasteiger partial charge >= 0.3 is 0 Å². The highest BCUT2D eigenvalue weighted by molar-refractivity contribution is 5.95. The second-order valence-electron chi connectivity index (χ2n) is 7.87. The van der Waals surface area contributed by atoms with Crippen LogP contribution in [0.3, 0.4) is 0 Å². The molecule has 0 radical (unpaired) electrons. The zero-order valence-electron chi connectivity index (χ0n) is 16.8. The van der Waals surface area contributed by atoms with Crippen LogP contribution in [0.4, 0.5) is 5.69 Å². The second kappa shape index (κ2) is 9.19. The van der Waals surface area contributed by atoms with E-state index in [1.54, 1.807) is 4.90 Å². The number of benzene rings is 1. The van der Waals surface area contributed by atoms with Crippen LogP contribution in [0, 0.1) is 0 Å². The van der Waals surface area contributed by atoms with Gasteiger partial charge in [-0.1, -0.05) is 12.1 Å². The fourth-order valence-electron chi connectivity index (χ4n) is 3.73. The van der Waals surface area contributed by atoms with Crippen molar-refractivity contribution >= 4 is 23.4 Å². The quantitative estimate of drug-likeness (QED) is 0.792. The van der Waals surface area contributed by atoms with Crippen LogP contribution in [0.5, 0.6) is 0 Å². The molecule has 0 aromatic heterocycles. The summed E-state index contributed by atoms with van der Waals surface area (Å²) in [4.78, 5) is 42.1. The lowest BCUT2D eigenvalue weighted by atomic mass is 10.1. The minimum Gasteiger partial charge on any atom is -0.353 e. The van der Waals surface area contributed by atoms with E-state index >= 15 is 0 Å². The summed E-state index contributed by atoms with van der Waals surface area (Å²) in [6, 6.07) is 7.87. The van der Waals surface area contributed by atoms with E-state index in [2.05, 4.69) is 10.2 Å². The molecule has 28 heavy (non-hydrogen) atoms. The number of nitrogens with one attached hydrogen (secondary N) is 1. The summed E-state index contributed by atoms with van der Waals surface area (Å²) in [5.74, 6) is 0.311. The van der Waals surface area contributed by atoms with Gasteiger partial charge in [0.2, 0.25) is 17.7 Å². The first-order chi connectivity index (χ1) is 13.4. The average molecular weight is 386 g/mol. The fraction of sp³-hybridized carbons (Fsp3) is 0.571. The third-order valence-electron chi connectivity index (χ3n) is 5.22. The van der Waals surface area contributed by atoms with E-state index < -0.39 is 0 Å². The molecule has 2 saturated heterocycles. The van der Waals surface area contributed by atoms with Crippen LogP contribution in [-0.2, 0) is 20.8 Å². The van der Waals surface area contributed by atoms with Gasteiger partial charge in [-0.05, 0) is 38.0 Å². The predicted molar refractivity (Wildman–Crippen MR) is 108 cm³/mol. The molecule has 2 fully saturated rings. The monoisotopic (exact) mass is 386 g/mol. The standard InChI is InChI=1S/C21H30N4O3/c1-16(2)22-19(26)15-23-10-12-24(13-11-23)21(28)14-17-5-7-18(8-6-17)25-9-3-4-20(25)27/h5-8,16H,3-4,9-15H2,1-2H3,(H,22,26). The molecule has 0 aliphatic carbocycles. The van der Waals surface area contributed by atoms with Gasteiger partial charge in [-0.2, -0.15) is 0 Å². The number of rotatable bonds is 6. The number of hydrogen-bond donors (Lipinski definition) is 1. The zero-order valence-corrected chi connectivity index (χ0v) is 16.8. The van der Waals surface area contributed by atoms with Crippen molar-refractivity contribution in [3.63, 3.8) is 0 Å². The molecule has 3 amide bonds. The topological polar surface area (TPSA) is 73.0 Å². The Labute approximate surface area is 166 Å². The molecule has 0 atom stereocenters. The average Bonchev–Trinajstić information content (AvgIpc) is 3.08. The van der Waals surface area contributed by atoms with Gasteiger partial charge in [0.25, 0.3) is 0 Å². The Morgan fingerprint density at radius 2 is 1.71 bits per heavy atom. The second-order valence-corrected chi connectivity index (χ2v) is 7.87. The molecule has 152 valence electrons. The summed E-state index contributed by atoms with van der Waals surface area (Å²) in [6.45, 7) is 7.78. The van der Waals surface area contributed by atoms with Crippen molar-refractivity contribution < 1.29 is 14.4 Å². The molecule has 2 heterocycles. The Morgan fingerprint density at radius 1 is 1.04 bits per heavy atom. The minimum absolute atomic E-state index is 0.0337. The molecule has 0 spiro atoms. The summed E-state index contributed by atoms with van der Waals surface area (Å²) in [5, 5.41) is 2.90.